The van der Waals surface area contributed by atoms with Gasteiger partial charge in [0.1, 0.15) is 49.7 Å². The van der Waals surface area contributed by atoms with Crippen molar-refractivity contribution < 1.29 is 62.8 Å². The van der Waals surface area contributed by atoms with Crippen LogP contribution in [-0.4, -0.2) is 120 Å². The highest BCUT2D eigenvalue weighted by atomic mass is 16.8. The van der Waals surface area contributed by atoms with Crippen molar-refractivity contribution in [3.05, 3.63) is 96.1 Å². The Bertz CT molecular complexity index is 1650. The van der Waals surface area contributed by atoms with Crippen LogP contribution in [0.15, 0.2) is 85.0 Å². The van der Waals surface area contributed by atoms with Crippen LogP contribution in [0.2, 0.25) is 0 Å². The molecule has 3 heterocycles. The summed E-state index contributed by atoms with van der Waals surface area (Å²) in [6.45, 7) is 5.33. The van der Waals surface area contributed by atoms with Crippen LogP contribution >= 0.6 is 0 Å². The van der Waals surface area contributed by atoms with E-state index in [2.05, 4.69) is 10.6 Å². The molecule has 0 unspecified atom stereocenters. The second-order valence-corrected chi connectivity index (χ2v) is 15.0. The van der Waals surface area contributed by atoms with Gasteiger partial charge in [0.05, 0.1) is 31.0 Å². The third kappa shape index (κ3) is 11.2. The molecule has 0 aromatic heterocycles. The molecule has 2 aromatic rings. The summed E-state index contributed by atoms with van der Waals surface area (Å²) in [7, 11) is 0. The molecular formula is C42H57N3O13. The minimum absolute atomic E-state index is 0.0507. The van der Waals surface area contributed by atoms with Gasteiger partial charge >= 0.3 is 12.2 Å². The van der Waals surface area contributed by atoms with Crippen LogP contribution < -0.4 is 16.4 Å². The topological polar surface area (TPSA) is 219 Å². The number of nitrogens with two attached hydrogens (primary N) is 1. The molecule has 0 spiro atoms. The lowest BCUT2D eigenvalue weighted by molar-refractivity contribution is -0.286. The van der Waals surface area contributed by atoms with Gasteiger partial charge in [-0.1, -0.05) is 106 Å². The highest BCUT2D eigenvalue weighted by Crippen LogP contribution is 2.36. The minimum atomic E-state index is -1.49. The normalized spacial score (nSPS) is 35.9. The number of hydrogen-bond acceptors (Lipinski definition) is 14. The number of hydrogen-bond donors (Lipinski definition) is 6. The van der Waals surface area contributed by atoms with Gasteiger partial charge < -0.3 is 69.6 Å². The number of benzene rings is 2. The highest BCUT2D eigenvalue weighted by molar-refractivity contribution is 5.68. The van der Waals surface area contributed by atoms with Crippen molar-refractivity contribution in [3.63, 3.8) is 0 Å². The molecule has 0 radical (unpaired) electrons. The fraction of sp³-hybridized carbons (Fsp3) is 0.571. The maximum Gasteiger partial charge on any atom is 0.408 e. The molecule has 3 aliphatic heterocycles. The maximum absolute atomic E-state index is 12.9. The molecular weight excluding hydrogens is 754 g/mol. The first-order valence-electron chi connectivity index (χ1n) is 20.0. The number of aliphatic hydroxyl groups is 3. The van der Waals surface area contributed by atoms with Gasteiger partial charge in [0.25, 0.3) is 0 Å². The first-order chi connectivity index (χ1) is 28.1. The quantitative estimate of drug-likeness (QED) is 0.143. The van der Waals surface area contributed by atoms with Crippen LogP contribution in [0, 0.1) is 5.92 Å². The molecule has 16 heteroatoms. The van der Waals surface area contributed by atoms with Gasteiger partial charge in [-0.2, -0.15) is 0 Å². The SMILES string of the molecule is CC[C@@H]1C=C[C@@H](NC(=O)OCc2ccccc2)[C@@H](O[C@H]2[C@H](O[C@@H]3O[C@H](CO)[C@@H](O[C@H]4O[C@H](CC)C=C[C@H]4NC(=O)OCc4ccccc4)[C@H]3O)[C@@H](O)[C@H](N)C[C@@H]2C)O1. The smallest absolute Gasteiger partial charge is 0.408 e. The van der Waals surface area contributed by atoms with Crippen molar-refractivity contribution in [1.29, 1.82) is 0 Å². The summed E-state index contributed by atoms with van der Waals surface area (Å²) in [6.07, 6.45) is -3.86. The highest BCUT2D eigenvalue weighted by Gasteiger charge is 2.52. The Labute approximate surface area is 338 Å². The van der Waals surface area contributed by atoms with Crippen molar-refractivity contribution >= 4 is 12.2 Å². The lowest BCUT2D eigenvalue weighted by atomic mass is 9.80. The number of amides is 2. The van der Waals surface area contributed by atoms with Gasteiger partial charge in [0.15, 0.2) is 18.9 Å². The van der Waals surface area contributed by atoms with Crippen LogP contribution in [0.1, 0.15) is 51.2 Å². The summed E-state index contributed by atoms with van der Waals surface area (Å²) in [5.74, 6) is -0.287. The van der Waals surface area contributed by atoms with Gasteiger partial charge in [-0.15, -0.1) is 0 Å². The molecule has 1 aliphatic carbocycles. The van der Waals surface area contributed by atoms with Crippen molar-refractivity contribution in [1.82, 2.24) is 10.6 Å². The Morgan fingerprint density at radius 2 is 1.17 bits per heavy atom. The van der Waals surface area contributed by atoms with Crippen LogP contribution in [0.3, 0.4) is 0 Å². The van der Waals surface area contributed by atoms with Crippen molar-refractivity contribution in [3.8, 4) is 0 Å². The first-order valence-corrected chi connectivity index (χ1v) is 20.0. The van der Waals surface area contributed by atoms with E-state index >= 15 is 0 Å². The molecule has 1 saturated carbocycles. The van der Waals surface area contributed by atoms with E-state index in [-0.39, 0.29) is 31.3 Å². The van der Waals surface area contributed by atoms with E-state index in [1.54, 1.807) is 18.2 Å². The molecule has 15 atom stereocenters. The number of aliphatic hydroxyl groups excluding tert-OH is 3. The molecule has 0 bridgehead atoms. The lowest BCUT2D eigenvalue weighted by Gasteiger charge is -2.45. The third-order valence-electron chi connectivity index (χ3n) is 10.7. The third-order valence-corrected chi connectivity index (χ3v) is 10.7. The van der Waals surface area contributed by atoms with E-state index < -0.39 is 92.4 Å². The summed E-state index contributed by atoms with van der Waals surface area (Å²) >= 11 is 0. The van der Waals surface area contributed by atoms with Crippen LogP contribution in [0.4, 0.5) is 9.59 Å². The summed E-state index contributed by atoms with van der Waals surface area (Å²) in [6, 6.07) is 16.2. The molecule has 58 heavy (non-hydrogen) atoms. The van der Waals surface area contributed by atoms with Crippen molar-refractivity contribution in [2.45, 2.75) is 139 Å². The van der Waals surface area contributed by atoms with Crippen LogP contribution in [-0.2, 0) is 51.1 Å². The summed E-state index contributed by atoms with van der Waals surface area (Å²) in [5, 5.41) is 39.1. The summed E-state index contributed by atoms with van der Waals surface area (Å²) in [4.78, 5) is 25.7. The van der Waals surface area contributed by atoms with E-state index in [1.165, 1.54) is 0 Å². The second-order valence-electron chi connectivity index (χ2n) is 15.0. The van der Waals surface area contributed by atoms with Crippen LogP contribution in [0.5, 0.6) is 0 Å². The zero-order valence-corrected chi connectivity index (χ0v) is 33.0. The molecule has 6 rings (SSSR count). The number of rotatable bonds is 15. The molecule has 1 saturated heterocycles. The number of carbonyl (C=O) groups is 2. The standard InChI is InChI=1S/C42H57N3O13/c1-4-27-16-18-30(44-41(49)51-22-25-12-8-6-9-13-25)38(53-27)56-35-24(3)20-29(43)33(47)37(35)58-40-34(48)36(32(21-46)55-40)57-39-31(19-17-28(5-2)54-39)45-42(50)52-23-26-14-10-7-11-15-26/h6-19,24,27-40,46-48H,4-5,20-23,43H2,1-3H3,(H,44,49)(H,45,50)/t24-,27+,28+,29+,30+,31+,32+,33-,34+,35+,36+,37+,38+,39+,40-/m0/s1. The summed E-state index contributed by atoms with van der Waals surface area (Å²) < 4.78 is 48.5. The largest absolute Gasteiger partial charge is 0.445 e. The fourth-order valence-corrected chi connectivity index (χ4v) is 7.44. The fourth-order valence-electron chi connectivity index (χ4n) is 7.44. The summed E-state index contributed by atoms with van der Waals surface area (Å²) in [5.41, 5.74) is 8.02. The van der Waals surface area contributed by atoms with Gasteiger partial charge in [-0.05, 0) is 36.3 Å². The minimum Gasteiger partial charge on any atom is -0.445 e. The van der Waals surface area contributed by atoms with Crippen molar-refractivity contribution in [2.75, 3.05) is 6.61 Å². The van der Waals surface area contributed by atoms with Gasteiger partial charge in [0, 0.05) is 6.04 Å². The lowest BCUT2D eigenvalue weighted by Crippen LogP contribution is -2.61. The molecule has 4 aliphatic rings. The molecule has 16 nitrogen and oxygen atoms in total. The average molecular weight is 812 g/mol. The molecule has 318 valence electrons. The Balaban J connectivity index is 1.13. The van der Waals surface area contributed by atoms with E-state index in [0.29, 0.717) is 19.3 Å². The van der Waals surface area contributed by atoms with E-state index in [1.807, 2.05) is 87.5 Å². The Hall–Kier alpha value is -3.94. The van der Waals surface area contributed by atoms with Crippen molar-refractivity contribution in [2.24, 2.45) is 11.7 Å². The second kappa shape index (κ2) is 20.8. The zero-order chi connectivity index (χ0) is 41.2. The number of ether oxygens (including phenoxy) is 8. The van der Waals surface area contributed by atoms with E-state index in [9.17, 15) is 24.9 Å². The van der Waals surface area contributed by atoms with E-state index in [0.717, 1.165) is 11.1 Å². The number of nitrogens with one attached hydrogen (secondary N) is 2. The van der Waals surface area contributed by atoms with Gasteiger partial charge in [-0.25, -0.2) is 9.59 Å². The zero-order valence-electron chi connectivity index (χ0n) is 33.0. The first kappa shape index (κ1) is 43.6. The number of carbonyl (C=O) groups excluding carboxylic acids is 2. The Kier molecular flexibility index (Phi) is 15.7. The predicted molar refractivity (Wildman–Crippen MR) is 207 cm³/mol. The average Bonchev–Trinajstić information content (AvgIpc) is 3.54. The maximum atomic E-state index is 12.9. The molecule has 7 N–H and O–H groups in total. The number of alkyl carbamates (subject to hydrolysis) is 2. The van der Waals surface area contributed by atoms with Gasteiger partial charge in [0.2, 0.25) is 0 Å². The molecule has 2 fully saturated rings. The van der Waals surface area contributed by atoms with E-state index in [4.69, 9.17) is 43.6 Å². The predicted octanol–water partition coefficient (Wildman–Crippen LogP) is 2.92. The Morgan fingerprint density at radius 1 is 0.690 bits per heavy atom. The molecule has 2 aromatic carbocycles. The monoisotopic (exact) mass is 811 g/mol. The Morgan fingerprint density at radius 3 is 1.66 bits per heavy atom. The van der Waals surface area contributed by atoms with Crippen LogP contribution in [0.25, 0.3) is 0 Å². The molecule has 2 amide bonds. The van der Waals surface area contributed by atoms with Gasteiger partial charge in [-0.3, -0.25) is 0 Å².